The van der Waals surface area contributed by atoms with Crippen LogP contribution in [0.2, 0.25) is 0 Å². The first-order chi connectivity index (χ1) is 16.3. The number of nitrogens with one attached hydrogen (secondary N) is 1. The molecule has 2 N–H and O–H groups in total. The third-order valence-electron chi connectivity index (χ3n) is 6.01. The van der Waals surface area contributed by atoms with Gasteiger partial charge in [-0.1, -0.05) is 38.1 Å². The summed E-state index contributed by atoms with van der Waals surface area (Å²) in [5.74, 6) is 0. The topological polar surface area (TPSA) is 65.7 Å². The molecule has 33 heavy (non-hydrogen) atoms. The van der Waals surface area contributed by atoms with E-state index in [0.29, 0.717) is 5.25 Å². The molecule has 0 spiro atoms. The van der Waals surface area contributed by atoms with E-state index in [9.17, 15) is 4.55 Å². The number of hydrogen-bond acceptors (Lipinski definition) is 5. The van der Waals surface area contributed by atoms with Crippen LogP contribution < -0.4 is 10.2 Å². The van der Waals surface area contributed by atoms with Gasteiger partial charge in [-0.25, -0.2) is 9.50 Å². The van der Waals surface area contributed by atoms with Gasteiger partial charge >= 0.3 is 0 Å². The van der Waals surface area contributed by atoms with Gasteiger partial charge in [0.1, 0.15) is 0 Å². The van der Waals surface area contributed by atoms with Crippen molar-refractivity contribution in [1.29, 1.82) is 0 Å². The predicted octanol–water partition coefficient (Wildman–Crippen LogP) is 5.07. The second-order valence-electron chi connectivity index (χ2n) is 8.18. The highest BCUT2D eigenvalue weighted by atomic mass is 32.2. The molecule has 7 heteroatoms. The SMILES string of the molecule is CC.O[S+](c1cccc(-c2cnn3cc(-c4ccc(N5CCNC5)cc4)cnc23)c1)C1CC1. The van der Waals surface area contributed by atoms with Crippen LogP contribution in [0.5, 0.6) is 0 Å². The van der Waals surface area contributed by atoms with Gasteiger partial charge in [0.05, 0.1) is 12.9 Å². The first kappa shape index (κ1) is 21.9. The van der Waals surface area contributed by atoms with Crippen LogP contribution >= 0.6 is 0 Å². The molecule has 2 fully saturated rings. The zero-order valence-corrected chi connectivity index (χ0v) is 19.9. The van der Waals surface area contributed by atoms with Crippen molar-refractivity contribution in [2.75, 3.05) is 24.7 Å². The molecule has 1 aliphatic carbocycles. The van der Waals surface area contributed by atoms with E-state index in [4.69, 9.17) is 4.98 Å². The Morgan fingerprint density at radius 3 is 2.55 bits per heavy atom. The molecular weight excluding hydrogens is 430 g/mol. The van der Waals surface area contributed by atoms with Gasteiger partial charge in [0.15, 0.2) is 27.0 Å². The summed E-state index contributed by atoms with van der Waals surface area (Å²) in [5.41, 5.74) is 6.25. The molecule has 4 aromatic rings. The Morgan fingerprint density at radius 1 is 1.00 bits per heavy atom. The molecule has 0 bridgehead atoms. The first-order valence-electron chi connectivity index (χ1n) is 11.7. The molecule has 1 aliphatic heterocycles. The molecule has 1 saturated carbocycles. The molecule has 1 atom stereocenters. The summed E-state index contributed by atoms with van der Waals surface area (Å²) in [6, 6.07) is 16.8. The molecule has 6 nitrogen and oxygen atoms in total. The Hall–Kier alpha value is -2.87. The van der Waals surface area contributed by atoms with E-state index in [1.165, 1.54) is 5.69 Å². The normalized spacial score (nSPS) is 16.5. The van der Waals surface area contributed by atoms with E-state index in [1.54, 1.807) is 0 Å². The van der Waals surface area contributed by atoms with Crippen LogP contribution in [0.4, 0.5) is 5.69 Å². The summed E-state index contributed by atoms with van der Waals surface area (Å²) in [7, 11) is 0. The molecule has 2 aromatic carbocycles. The first-order valence-corrected chi connectivity index (χ1v) is 12.9. The van der Waals surface area contributed by atoms with E-state index in [0.717, 1.165) is 65.4 Å². The van der Waals surface area contributed by atoms with Gasteiger partial charge in [-0.15, -0.1) is 0 Å². The quantitative estimate of drug-likeness (QED) is 0.407. The fraction of sp³-hybridized carbons (Fsp3) is 0.308. The fourth-order valence-corrected chi connectivity index (χ4v) is 5.53. The lowest BCUT2D eigenvalue weighted by Crippen LogP contribution is -2.20. The van der Waals surface area contributed by atoms with Crippen molar-refractivity contribution in [3.05, 3.63) is 67.1 Å². The minimum Gasteiger partial charge on any atom is -0.357 e. The molecule has 170 valence electrons. The highest BCUT2D eigenvalue weighted by molar-refractivity contribution is 7.92. The van der Waals surface area contributed by atoms with Gasteiger partial charge in [0.25, 0.3) is 0 Å². The summed E-state index contributed by atoms with van der Waals surface area (Å²) in [6.07, 6.45) is 8.06. The van der Waals surface area contributed by atoms with Gasteiger partial charge < -0.3 is 4.90 Å². The second kappa shape index (κ2) is 9.55. The van der Waals surface area contributed by atoms with Crippen LogP contribution in [0.15, 0.2) is 72.0 Å². The smallest absolute Gasteiger partial charge is 0.190 e. The summed E-state index contributed by atoms with van der Waals surface area (Å²) in [6.45, 7) is 6.98. The van der Waals surface area contributed by atoms with Crippen molar-refractivity contribution < 1.29 is 4.55 Å². The van der Waals surface area contributed by atoms with Gasteiger partial charge in [-0.2, -0.15) is 9.65 Å². The maximum Gasteiger partial charge on any atom is 0.190 e. The number of fused-ring (bicyclic) bond motifs is 1. The van der Waals surface area contributed by atoms with Gasteiger partial charge in [0.2, 0.25) is 0 Å². The van der Waals surface area contributed by atoms with E-state index in [2.05, 4.69) is 51.7 Å². The van der Waals surface area contributed by atoms with E-state index >= 15 is 0 Å². The van der Waals surface area contributed by atoms with E-state index < -0.39 is 11.2 Å². The van der Waals surface area contributed by atoms with Gasteiger partial charge in [-0.3, -0.25) is 5.32 Å². The average molecular weight is 461 g/mol. The molecule has 1 saturated heterocycles. The molecular formula is C26H30N5OS+. The minimum atomic E-state index is -0.666. The lowest BCUT2D eigenvalue weighted by atomic mass is 10.1. The number of anilines is 1. The fourth-order valence-electron chi connectivity index (χ4n) is 4.10. The second-order valence-corrected chi connectivity index (χ2v) is 9.95. The highest BCUT2D eigenvalue weighted by Gasteiger charge is 2.42. The van der Waals surface area contributed by atoms with Crippen LogP contribution in [-0.4, -0.2) is 44.2 Å². The van der Waals surface area contributed by atoms with Crippen molar-refractivity contribution in [3.63, 3.8) is 0 Å². The summed E-state index contributed by atoms with van der Waals surface area (Å²) in [5, 5.41) is 8.36. The summed E-state index contributed by atoms with van der Waals surface area (Å²) in [4.78, 5) is 8.07. The maximum atomic E-state index is 10.5. The maximum absolute atomic E-state index is 10.5. The third kappa shape index (κ3) is 4.49. The van der Waals surface area contributed by atoms with E-state index in [-0.39, 0.29) is 0 Å². The van der Waals surface area contributed by atoms with Crippen molar-refractivity contribution in [1.82, 2.24) is 19.9 Å². The predicted molar refractivity (Wildman–Crippen MR) is 137 cm³/mol. The van der Waals surface area contributed by atoms with Crippen LogP contribution in [0.1, 0.15) is 26.7 Å². The number of rotatable bonds is 5. The summed E-state index contributed by atoms with van der Waals surface area (Å²) < 4.78 is 12.4. The third-order valence-corrected chi connectivity index (χ3v) is 7.85. The lowest BCUT2D eigenvalue weighted by Gasteiger charge is -2.16. The lowest BCUT2D eigenvalue weighted by molar-refractivity contribution is 0.637. The molecule has 2 aliphatic rings. The molecule has 3 heterocycles. The van der Waals surface area contributed by atoms with Crippen molar-refractivity contribution in [3.8, 4) is 22.3 Å². The Kier molecular flexibility index (Phi) is 6.35. The molecule has 6 rings (SSSR count). The van der Waals surface area contributed by atoms with Crippen LogP contribution in [-0.2, 0) is 11.2 Å². The zero-order chi connectivity index (χ0) is 22.8. The van der Waals surface area contributed by atoms with Gasteiger partial charge in [-0.05, 0) is 29.3 Å². The number of benzene rings is 2. The Balaban J connectivity index is 0.00000111. The van der Waals surface area contributed by atoms with Crippen LogP contribution in [0.25, 0.3) is 27.9 Å². The standard InChI is InChI=1S/C24H24N5OS.C2H6/c30-31(21-8-9-21)22-3-1-2-18(12-22)23-14-27-29-15-19(13-26-24(23)29)17-4-6-20(7-5-17)28-11-10-25-16-28;1-2/h1-7,12-15,21,25,30H,8-11,16H2;1-2H3/q+1;. The van der Waals surface area contributed by atoms with Crippen molar-refractivity contribution >= 4 is 22.5 Å². The summed E-state index contributed by atoms with van der Waals surface area (Å²) >= 11 is -0.666. The Labute approximate surface area is 197 Å². The highest BCUT2D eigenvalue weighted by Crippen LogP contribution is 2.35. The number of hydrogen-bond donors (Lipinski definition) is 2. The molecule has 1 unspecified atom stereocenters. The molecule has 2 aromatic heterocycles. The van der Waals surface area contributed by atoms with Gasteiger partial charge in [0, 0.05) is 61.2 Å². The Bertz CT molecular complexity index is 1230. The molecule has 0 radical (unpaired) electrons. The van der Waals surface area contributed by atoms with Crippen molar-refractivity contribution in [2.45, 2.75) is 36.8 Å². The minimum absolute atomic E-state index is 0.438. The van der Waals surface area contributed by atoms with Crippen LogP contribution in [0, 0.1) is 0 Å². The monoisotopic (exact) mass is 460 g/mol. The Morgan fingerprint density at radius 2 is 1.82 bits per heavy atom. The van der Waals surface area contributed by atoms with E-state index in [1.807, 2.05) is 49.1 Å². The zero-order valence-electron chi connectivity index (χ0n) is 19.1. The molecule has 0 amide bonds. The average Bonchev–Trinajstić information content (AvgIpc) is 3.41. The largest absolute Gasteiger partial charge is 0.357 e. The number of nitrogens with zero attached hydrogens (tertiary/aromatic N) is 4. The van der Waals surface area contributed by atoms with Crippen molar-refractivity contribution in [2.24, 2.45) is 0 Å². The van der Waals surface area contributed by atoms with Crippen LogP contribution in [0.3, 0.4) is 0 Å². The number of aromatic nitrogens is 3.